The van der Waals surface area contributed by atoms with Crippen LogP contribution < -0.4 is 4.72 Å². The van der Waals surface area contributed by atoms with Crippen LogP contribution in [-0.2, 0) is 34.6 Å². The topological polar surface area (TPSA) is 142 Å². The van der Waals surface area contributed by atoms with Crippen LogP contribution >= 0.6 is 0 Å². The van der Waals surface area contributed by atoms with Crippen molar-refractivity contribution in [3.05, 3.63) is 36.2 Å². The Morgan fingerprint density at radius 1 is 1.00 bits per heavy atom. The summed E-state index contributed by atoms with van der Waals surface area (Å²) in [6, 6.07) is 5.84. The first-order valence-corrected chi connectivity index (χ1v) is 12.9. The second-order valence-electron chi connectivity index (χ2n) is 9.89. The molecule has 2 rings (SSSR count). The SMILES string of the molecule is CCOC(=O)C(NS(=O)(=O)c1ccccc1)C(C(=O)OCC)c1nnnn1C(C)(C)CC(C)(C)C. The van der Waals surface area contributed by atoms with Crippen molar-refractivity contribution in [1.82, 2.24) is 24.9 Å². The van der Waals surface area contributed by atoms with Crippen LogP contribution in [0, 0.1) is 5.41 Å². The van der Waals surface area contributed by atoms with Crippen LogP contribution in [0.15, 0.2) is 35.2 Å². The van der Waals surface area contributed by atoms with Gasteiger partial charge in [-0.3, -0.25) is 9.59 Å². The molecule has 2 unspecified atom stereocenters. The quantitative estimate of drug-likeness (QED) is 0.452. The van der Waals surface area contributed by atoms with Gasteiger partial charge in [-0.1, -0.05) is 39.0 Å². The molecule has 2 aromatic rings. The van der Waals surface area contributed by atoms with Gasteiger partial charge in [-0.25, -0.2) is 13.1 Å². The van der Waals surface area contributed by atoms with Crippen LogP contribution in [-0.4, -0.2) is 59.8 Å². The van der Waals surface area contributed by atoms with E-state index in [0.29, 0.717) is 6.42 Å². The fourth-order valence-electron chi connectivity index (χ4n) is 4.13. The lowest BCUT2D eigenvalue weighted by molar-refractivity contribution is -0.154. The average Bonchev–Trinajstić information content (AvgIpc) is 3.23. The second-order valence-corrected chi connectivity index (χ2v) is 11.6. The Hall–Kier alpha value is -2.86. The highest BCUT2D eigenvalue weighted by Crippen LogP contribution is 2.34. The molecular weight excluding hydrogens is 474 g/mol. The zero-order chi connectivity index (χ0) is 26.4. The highest BCUT2D eigenvalue weighted by molar-refractivity contribution is 7.89. The van der Waals surface area contributed by atoms with E-state index in [1.54, 1.807) is 32.0 Å². The predicted octanol–water partition coefficient (Wildman–Crippen LogP) is 2.40. The summed E-state index contributed by atoms with van der Waals surface area (Å²) in [4.78, 5) is 26.2. The summed E-state index contributed by atoms with van der Waals surface area (Å²) in [7, 11) is -4.22. The number of aromatic nitrogens is 4. The first-order chi connectivity index (χ1) is 16.2. The molecule has 0 radical (unpaired) electrons. The zero-order valence-corrected chi connectivity index (χ0v) is 22.1. The summed E-state index contributed by atoms with van der Waals surface area (Å²) in [6.07, 6.45) is 0.618. The van der Waals surface area contributed by atoms with Crippen molar-refractivity contribution in [2.75, 3.05) is 13.2 Å². The van der Waals surface area contributed by atoms with Gasteiger partial charge < -0.3 is 9.47 Å². The van der Waals surface area contributed by atoms with Gasteiger partial charge in [0.05, 0.1) is 23.6 Å². The van der Waals surface area contributed by atoms with E-state index in [1.807, 2.05) is 13.8 Å². The smallest absolute Gasteiger partial charge is 0.325 e. The molecule has 1 N–H and O–H groups in total. The molecule has 0 bridgehead atoms. The maximum atomic E-state index is 13.2. The summed E-state index contributed by atoms with van der Waals surface area (Å²) in [5, 5.41) is 11.9. The predicted molar refractivity (Wildman–Crippen MR) is 128 cm³/mol. The molecule has 1 aromatic heterocycles. The molecule has 0 saturated carbocycles. The molecule has 0 amide bonds. The molecule has 0 aliphatic heterocycles. The van der Waals surface area contributed by atoms with Crippen LogP contribution in [0.3, 0.4) is 0 Å². The summed E-state index contributed by atoms with van der Waals surface area (Å²) in [5.41, 5.74) is -0.805. The molecule has 12 heteroatoms. The van der Waals surface area contributed by atoms with Crippen molar-refractivity contribution < 1.29 is 27.5 Å². The molecule has 11 nitrogen and oxygen atoms in total. The lowest BCUT2D eigenvalue weighted by Gasteiger charge is -2.34. The van der Waals surface area contributed by atoms with Crippen LogP contribution in [0.2, 0.25) is 0 Å². The lowest BCUT2D eigenvalue weighted by Crippen LogP contribution is -2.50. The third-order valence-electron chi connectivity index (χ3n) is 5.06. The van der Waals surface area contributed by atoms with Crippen LogP contribution in [0.1, 0.15) is 66.6 Å². The number of hydrogen-bond acceptors (Lipinski definition) is 9. The van der Waals surface area contributed by atoms with Gasteiger partial charge in [-0.15, -0.1) is 5.10 Å². The van der Waals surface area contributed by atoms with E-state index in [2.05, 4.69) is 41.0 Å². The fraction of sp³-hybridized carbons (Fsp3) is 0.609. The monoisotopic (exact) mass is 509 g/mol. The fourth-order valence-corrected chi connectivity index (χ4v) is 5.35. The van der Waals surface area contributed by atoms with Crippen molar-refractivity contribution >= 4 is 22.0 Å². The molecule has 0 aliphatic carbocycles. The molecule has 0 spiro atoms. The molecule has 0 fully saturated rings. The molecule has 1 aromatic carbocycles. The molecule has 35 heavy (non-hydrogen) atoms. The Balaban J connectivity index is 2.66. The van der Waals surface area contributed by atoms with E-state index in [4.69, 9.17) is 9.47 Å². The van der Waals surface area contributed by atoms with Crippen molar-refractivity contribution in [3.8, 4) is 0 Å². The van der Waals surface area contributed by atoms with Gasteiger partial charge >= 0.3 is 11.9 Å². The maximum absolute atomic E-state index is 13.2. The molecule has 1 heterocycles. The van der Waals surface area contributed by atoms with Crippen molar-refractivity contribution in [3.63, 3.8) is 0 Å². The van der Waals surface area contributed by atoms with Gasteiger partial charge in [0.25, 0.3) is 0 Å². The van der Waals surface area contributed by atoms with Gasteiger partial charge in [0.15, 0.2) is 5.82 Å². The number of nitrogens with one attached hydrogen (secondary N) is 1. The Morgan fingerprint density at radius 2 is 1.57 bits per heavy atom. The largest absolute Gasteiger partial charge is 0.465 e. The van der Waals surface area contributed by atoms with Gasteiger partial charge in [-0.05, 0) is 62.1 Å². The third kappa shape index (κ3) is 7.31. The summed E-state index contributed by atoms with van der Waals surface area (Å²) in [5.74, 6) is -3.31. The number of carbonyl (C=O) groups excluding carboxylic acids is 2. The van der Waals surface area contributed by atoms with Gasteiger partial charge in [0.2, 0.25) is 10.0 Å². The van der Waals surface area contributed by atoms with E-state index in [0.717, 1.165) is 0 Å². The number of sulfonamides is 1. The molecule has 2 atom stereocenters. The first-order valence-electron chi connectivity index (χ1n) is 11.4. The first kappa shape index (κ1) is 28.4. The van der Waals surface area contributed by atoms with E-state index in [-0.39, 0.29) is 29.3 Å². The van der Waals surface area contributed by atoms with E-state index < -0.39 is 39.5 Å². The Labute approximate surface area is 206 Å². The standard InChI is InChI=1S/C23H35N5O6S/c1-8-33-20(29)17(19-24-26-27-28(19)23(6,7)15-22(3,4)5)18(21(30)34-9-2)25-35(31,32)16-13-11-10-12-14-16/h10-14,17-18,25H,8-9,15H2,1-7H3. The minimum Gasteiger partial charge on any atom is -0.465 e. The molecule has 0 saturated heterocycles. The van der Waals surface area contributed by atoms with Crippen LogP contribution in [0.5, 0.6) is 0 Å². The summed E-state index contributed by atoms with van der Waals surface area (Å²) >= 11 is 0. The normalized spacial score (nSPS) is 14.3. The number of carbonyl (C=O) groups is 2. The van der Waals surface area contributed by atoms with Crippen LogP contribution in [0.4, 0.5) is 0 Å². The average molecular weight is 510 g/mol. The highest BCUT2D eigenvalue weighted by atomic mass is 32.2. The number of esters is 2. The number of rotatable bonds is 11. The summed E-state index contributed by atoms with van der Waals surface area (Å²) < 4.78 is 40.5. The number of hydrogen-bond donors (Lipinski definition) is 1. The Kier molecular flexibility index (Phi) is 9.12. The second kappa shape index (κ2) is 11.3. The Bertz CT molecular complexity index is 1110. The number of tetrazole rings is 1. The van der Waals surface area contributed by atoms with Crippen molar-refractivity contribution in [1.29, 1.82) is 0 Å². The number of ether oxygens (including phenoxy) is 2. The van der Waals surface area contributed by atoms with Crippen molar-refractivity contribution in [2.24, 2.45) is 5.41 Å². The minimum atomic E-state index is -4.22. The zero-order valence-electron chi connectivity index (χ0n) is 21.3. The molecular formula is C23H35N5O6S. The third-order valence-corrected chi connectivity index (χ3v) is 6.52. The van der Waals surface area contributed by atoms with Gasteiger partial charge in [0.1, 0.15) is 12.0 Å². The number of nitrogens with zero attached hydrogens (tertiary/aromatic N) is 4. The van der Waals surface area contributed by atoms with E-state index in [1.165, 1.54) is 16.8 Å². The van der Waals surface area contributed by atoms with Gasteiger partial charge in [0, 0.05) is 0 Å². The molecule has 0 aliphatic rings. The Morgan fingerprint density at radius 3 is 2.11 bits per heavy atom. The van der Waals surface area contributed by atoms with E-state index >= 15 is 0 Å². The number of benzene rings is 1. The lowest BCUT2D eigenvalue weighted by atomic mass is 9.81. The minimum absolute atomic E-state index is 0.00324. The highest BCUT2D eigenvalue weighted by Gasteiger charge is 2.45. The van der Waals surface area contributed by atoms with Gasteiger partial charge in [-0.2, -0.15) is 4.72 Å². The summed E-state index contributed by atoms with van der Waals surface area (Å²) in [6.45, 7) is 13.1. The van der Waals surface area contributed by atoms with Crippen molar-refractivity contribution in [2.45, 2.75) is 77.3 Å². The maximum Gasteiger partial charge on any atom is 0.325 e. The van der Waals surface area contributed by atoms with E-state index in [9.17, 15) is 18.0 Å². The molecule has 194 valence electrons. The van der Waals surface area contributed by atoms with Crippen LogP contribution in [0.25, 0.3) is 0 Å².